The van der Waals surface area contributed by atoms with E-state index in [4.69, 9.17) is 11.6 Å². The standard InChI is InChI=1S/C15H19ClN2O/c1-2-7-18-8-6-17-15(18)11-14(19)10-12-4-3-5-13(16)9-12/h3-6,8-9,14,19H,2,7,10-11H2,1H3. The number of benzene rings is 1. The predicted molar refractivity (Wildman–Crippen MR) is 77.4 cm³/mol. The average Bonchev–Trinajstić information content (AvgIpc) is 2.77. The fourth-order valence-electron chi connectivity index (χ4n) is 2.19. The molecule has 102 valence electrons. The Morgan fingerprint density at radius 1 is 1.37 bits per heavy atom. The lowest BCUT2D eigenvalue weighted by atomic mass is 10.1. The van der Waals surface area contributed by atoms with E-state index in [-0.39, 0.29) is 0 Å². The van der Waals surface area contributed by atoms with Crippen LogP contribution in [0, 0.1) is 0 Å². The first-order valence-electron chi connectivity index (χ1n) is 6.61. The molecule has 0 radical (unpaired) electrons. The summed E-state index contributed by atoms with van der Waals surface area (Å²) in [6.45, 7) is 3.07. The quantitative estimate of drug-likeness (QED) is 0.882. The molecule has 2 rings (SSSR count). The Hall–Kier alpha value is -1.32. The van der Waals surface area contributed by atoms with Crippen LogP contribution in [0.25, 0.3) is 0 Å². The van der Waals surface area contributed by atoms with E-state index >= 15 is 0 Å². The van der Waals surface area contributed by atoms with Crippen LogP contribution < -0.4 is 0 Å². The lowest BCUT2D eigenvalue weighted by molar-refractivity contribution is 0.171. The maximum Gasteiger partial charge on any atom is 0.111 e. The number of aliphatic hydroxyl groups is 1. The molecule has 1 aromatic carbocycles. The second kappa shape index (κ2) is 6.73. The molecule has 0 aliphatic carbocycles. The largest absolute Gasteiger partial charge is 0.392 e. The van der Waals surface area contributed by atoms with Gasteiger partial charge in [0.15, 0.2) is 0 Å². The average molecular weight is 279 g/mol. The molecule has 1 atom stereocenters. The van der Waals surface area contributed by atoms with Gasteiger partial charge in [0, 0.05) is 30.4 Å². The van der Waals surface area contributed by atoms with Crippen molar-refractivity contribution in [2.75, 3.05) is 0 Å². The number of rotatable bonds is 6. The SMILES string of the molecule is CCCn1ccnc1CC(O)Cc1cccc(Cl)c1. The highest BCUT2D eigenvalue weighted by molar-refractivity contribution is 6.30. The van der Waals surface area contributed by atoms with Gasteiger partial charge in [0.2, 0.25) is 0 Å². The Morgan fingerprint density at radius 3 is 2.95 bits per heavy atom. The van der Waals surface area contributed by atoms with Crippen LogP contribution >= 0.6 is 11.6 Å². The zero-order valence-corrected chi connectivity index (χ0v) is 11.8. The topological polar surface area (TPSA) is 38.0 Å². The molecular weight excluding hydrogens is 260 g/mol. The number of nitrogens with zero attached hydrogens (tertiary/aromatic N) is 2. The Labute approximate surface area is 118 Å². The molecule has 19 heavy (non-hydrogen) atoms. The van der Waals surface area contributed by atoms with Crippen LogP contribution in [0.15, 0.2) is 36.7 Å². The van der Waals surface area contributed by atoms with Crippen molar-refractivity contribution in [2.24, 2.45) is 0 Å². The van der Waals surface area contributed by atoms with E-state index in [0.717, 1.165) is 24.4 Å². The molecule has 0 amide bonds. The van der Waals surface area contributed by atoms with E-state index in [1.807, 2.05) is 30.5 Å². The summed E-state index contributed by atoms with van der Waals surface area (Å²) in [5, 5.41) is 10.9. The molecule has 1 heterocycles. The van der Waals surface area contributed by atoms with Crippen molar-refractivity contribution in [3.05, 3.63) is 53.1 Å². The molecule has 4 heteroatoms. The zero-order chi connectivity index (χ0) is 13.7. The first-order valence-corrected chi connectivity index (χ1v) is 6.99. The van der Waals surface area contributed by atoms with Gasteiger partial charge in [0.1, 0.15) is 5.82 Å². The highest BCUT2D eigenvalue weighted by atomic mass is 35.5. The van der Waals surface area contributed by atoms with Crippen molar-refractivity contribution < 1.29 is 5.11 Å². The van der Waals surface area contributed by atoms with Gasteiger partial charge in [-0.05, 0) is 30.5 Å². The van der Waals surface area contributed by atoms with Crippen LogP contribution in [0.1, 0.15) is 24.7 Å². The van der Waals surface area contributed by atoms with Gasteiger partial charge in [-0.15, -0.1) is 0 Å². The van der Waals surface area contributed by atoms with Gasteiger partial charge in [-0.25, -0.2) is 4.98 Å². The number of hydrogen-bond acceptors (Lipinski definition) is 2. The van der Waals surface area contributed by atoms with E-state index < -0.39 is 6.10 Å². The third kappa shape index (κ3) is 4.08. The van der Waals surface area contributed by atoms with Gasteiger partial charge in [0.25, 0.3) is 0 Å². The summed E-state index contributed by atoms with van der Waals surface area (Å²) in [5.41, 5.74) is 1.05. The van der Waals surface area contributed by atoms with Crippen molar-refractivity contribution in [3.63, 3.8) is 0 Å². The fourth-order valence-corrected chi connectivity index (χ4v) is 2.41. The summed E-state index contributed by atoms with van der Waals surface area (Å²) in [5.74, 6) is 0.941. The summed E-state index contributed by atoms with van der Waals surface area (Å²) in [6, 6.07) is 7.62. The third-order valence-corrected chi connectivity index (χ3v) is 3.28. The number of aliphatic hydroxyl groups excluding tert-OH is 1. The number of hydrogen-bond donors (Lipinski definition) is 1. The summed E-state index contributed by atoms with van der Waals surface area (Å²) < 4.78 is 2.10. The lowest BCUT2D eigenvalue weighted by Crippen LogP contribution is -2.17. The minimum atomic E-state index is -0.434. The van der Waals surface area contributed by atoms with Gasteiger partial charge in [-0.1, -0.05) is 30.7 Å². The zero-order valence-electron chi connectivity index (χ0n) is 11.1. The predicted octanol–water partition coefficient (Wildman–Crippen LogP) is 3.09. The molecule has 0 bridgehead atoms. The van der Waals surface area contributed by atoms with E-state index in [2.05, 4.69) is 16.5 Å². The van der Waals surface area contributed by atoms with Crippen molar-refractivity contribution >= 4 is 11.6 Å². The Bertz CT molecular complexity index is 524. The second-order valence-corrected chi connectivity index (χ2v) is 5.17. The van der Waals surface area contributed by atoms with Crippen molar-refractivity contribution in [3.8, 4) is 0 Å². The number of imidazole rings is 1. The van der Waals surface area contributed by atoms with Crippen LogP contribution in [0.3, 0.4) is 0 Å². The molecule has 0 spiro atoms. The van der Waals surface area contributed by atoms with Crippen LogP contribution in [-0.4, -0.2) is 20.8 Å². The molecule has 1 unspecified atom stereocenters. The van der Waals surface area contributed by atoms with Crippen LogP contribution in [0.4, 0.5) is 0 Å². The van der Waals surface area contributed by atoms with Crippen LogP contribution in [0.5, 0.6) is 0 Å². The fraction of sp³-hybridized carbons (Fsp3) is 0.400. The van der Waals surface area contributed by atoms with Crippen LogP contribution in [0.2, 0.25) is 5.02 Å². The highest BCUT2D eigenvalue weighted by Crippen LogP contribution is 2.14. The summed E-state index contributed by atoms with van der Waals surface area (Å²) >= 11 is 5.94. The number of halogens is 1. The summed E-state index contributed by atoms with van der Waals surface area (Å²) in [6.07, 6.45) is 5.55. The minimum absolute atomic E-state index is 0.434. The molecule has 0 aliphatic heterocycles. The Balaban J connectivity index is 1.97. The number of aryl methyl sites for hydroxylation is 1. The van der Waals surface area contributed by atoms with Gasteiger partial charge < -0.3 is 9.67 Å². The normalized spacial score (nSPS) is 12.6. The first-order chi connectivity index (χ1) is 9.19. The summed E-state index contributed by atoms with van der Waals surface area (Å²) in [7, 11) is 0. The van der Waals surface area contributed by atoms with Crippen LogP contribution in [-0.2, 0) is 19.4 Å². The van der Waals surface area contributed by atoms with Gasteiger partial charge >= 0.3 is 0 Å². The van der Waals surface area contributed by atoms with Crippen molar-refractivity contribution in [2.45, 2.75) is 38.8 Å². The summed E-state index contributed by atoms with van der Waals surface area (Å²) in [4.78, 5) is 4.31. The Morgan fingerprint density at radius 2 is 2.21 bits per heavy atom. The monoisotopic (exact) mass is 278 g/mol. The molecule has 2 aromatic rings. The van der Waals surface area contributed by atoms with Gasteiger partial charge in [-0.3, -0.25) is 0 Å². The smallest absolute Gasteiger partial charge is 0.111 e. The van der Waals surface area contributed by atoms with Gasteiger partial charge in [0.05, 0.1) is 6.10 Å². The Kier molecular flexibility index (Phi) is 5.00. The van der Waals surface area contributed by atoms with E-state index in [9.17, 15) is 5.11 Å². The van der Waals surface area contributed by atoms with E-state index in [1.165, 1.54) is 0 Å². The van der Waals surface area contributed by atoms with E-state index in [0.29, 0.717) is 17.9 Å². The number of aromatic nitrogens is 2. The molecule has 3 nitrogen and oxygen atoms in total. The highest BCUT2D eigenvalue weighted by Gasteiger charge is 2.11. The lowest BCUT2D eigenvalue weighted by Gasteiger charge is -2.12. The maximum atomic E-state index is 10.2. The van der Waals surface area contributed by atoms with E-state index in [1.54, 1.807) is 6.20 Å². The third-order valence-electron chi connectivity index (χ3n) is 3.04. The second-order valence-electron chi connectivity index (χ2n) is 4.73. The molecular formula is C15H19ClN2O. The molecule has 0 saturated heterocycles. The van der Waals surface area contributed by atoms with Crippen molar-refractivity contribution in [1.29, 1.82) is 0 Å². The van der Waals surface area contributed by atoms with Crippen molar-refractivity contribution in [1.82, 2.24) is 9.55 Å². The van der Waals surface area contributed by atoms with Gasteiger partial charge in [-0.2, -0.15) is 0 Å². The molecule has 1 N–H and O–H groups in total. The maximum absolute atomic E-state index is 10.2. The molecule has 1 aromatic heterocycles. The molecule has 0 saturated carbocycles. The molecule has 0 aliphatic rings. The minimum Gasteiger partial charge on any atom is -0.392 e. The molecule has 0 fully saturated rings. The first kappa shape index (κ1) is 14.1.